The maximum absolute atomic E-state index is 12.1. The van der Waals surface area contributed by atoms with Gasteiger partial charge in [0, 0.05) is 10.9 Å². The summed E-state index contributed by atoms with van der Waals surface area (Å²) in [6.07, 6.45) is 0.859. The van der Waals surface area contributed by atoms with Gasteiger partial charge in [-0.05, 0) is 30.9 Å². The fourth-order valence-corrected chi connectivity index (χ4v) is 3.02. The molecule has 92 valence electrons. The van der Waals surface area contributed by atoms with Gasteiger partial charge in [0.1, 0.15) is 0 Å². The predicted octanol–water partition coefficient (Wildman–Crippen LogP) is 2.86. The molecule has 2 atom stereocenters. The summed E-state index contributed by atoms with van der Waals surface area (Å²) in [7, 11) is 0. The summed E-state index contributed by atoms with van der Waals surface area (Å²) < 4.78 is 0. The Labute approximate surface area is 107 Å². The van der Waals surface area contributed by atoms with Gasteiger partial charge < -0.3 is 5.32 Å². The monoisotopic (exact) mass is 249 g/mol. The van der Waals surface area contributed by atoms with Crippen molar-refractivity contribution in [2.24, 2.45) is 5.92 Å². The summed E-state index contributed by atoms with van der Waals surface area (Å²) in [5.74, 6) is 0.653. The second-order valence-electron chi connectivity index (χ2n) is 4.96. The summed E-state index contributed by atoms with van der Waals surface area (Å²) in [4.78, 5) is 13.4. The lowest BCUT2D eigenvalue weighted by Gasteiger charge is -2.19. The Hall–Kier alpha value is -0.960. The van der Waals surface area contributed by atoms with E-state index in [1.807, 2.05) is 12.1 Å². The van der Waals surface area contributed by atoms with E-state index in [9.17, 15) is 4.79 Å². The minimum absolute atomic E-state index is 0.0496. The van der Waals surface area contributed by atoms with E-state index in [0.717, 1.165) is 6.42 Å². The van der Waals surface area contributed by atoms with Gasteiger partial charge >= 0.3 is 0 Å². The Morgan fingerprint density at radius 1 is 1.35 bits per heavy atom. The highest BCUT2D eigenvalue weighted by Gasteiger charge is 2.28. The molecule has 1 N–H and O–H groups in total. The molecule has 3 heteroatoms. The van der Waals surface area contributed by atoms with Crippen molar-refractivity contribution < 1.29 is 4.79 Å². The number of carbonyl (C=O) groups is 1. The molecule has 0 bridgehead atoms. The Morgan fingerprint density at radius 3 is 2.71 bits per heavy atom. The molecule has 0 aliphatic carbocycles. The molecule has 0 aromatic heterocycles. The molecule has 1 amide bonds. The van der Waals surface area contributed by atoms with Crippen LogP contribution in [0.1, 0.15) is 26.3 Å². The Kier molecular flexibility index (Phi) is 3.77. The maximum Gasteiger partial charge on any atom is 0.234 e. The van der Waals surface area contributed by atoms with Crippen molar-refractivity contribution in [3.63, 3.8) is 0 Å². The van der Waals surface area contributed by atoms with Crippen LogP contribution >= 0.6 is 11.8 Å². The summed E-state index contributed by atoms with van der Waals surface area (Å²) in [5.41, 5.74) is 1.30. The first-order valence-corrected chi connectivity index (χ1v) is 7.01. The number of benzene rings is 1. The van der Waals surface area contributed by atoms with Crippen LogP contribution in [0.3, 0.4) is 0 Å². The van der Waals surface area contributed by atoms with E-state index in [1.54, 1.807) is 11.8 Å². The average molecular weight is 249 g/mol. The van der Waals surface area contributed by atoms with Gasteiger partial charge in [-0.1, -0.05) is 32.0 Å². The first-order chi connectivity index (χ1) is 8.08. The molecule has 1 aliphatic heterocycles. The van der Waals surface area contributed by atoms with Gasteiger partial charge in [0.15, 0.2) is 0 Å². The second kappa shape index (κ2) is 5.13. The zero-order valence-electron chi connectivity index (χ0n) is 10.6. The van der Waals surface area contributed by atoms with Gasteiger partial charge in [0.2, 0.25) is 5.91 Å². The summed E-state index contributed by atoms with van der Waals surface area (Å²) in [6, 6.07) is 8.52. The molecule has 1 aromatic rings. The second-order valence-corrected chi connectivity index (χ2v) is 6.20. The van der Waals surface area contributed by atoms with Crippen LogP contribution in [0.4, 0.5) is 0 Å². The number of carbonyl (C=O) groups excluding carboxylic acids is 1. The number of fused-ring (bicyclic) bond motifs is 1. The molecule has 0 saturated carbocycles. The molecule has 0 radical (unpaired) electrons. The van der Waals surface area contributed by atoms with Gasteiger partial charge in [0.05, 0.1) is 5.25 Å². The first kappa shape index (κ1) is 12.5. The molecular formula is C14H19NOS. The third-order valence-corrected chi connectivity index (χ3v) is 4.63. The lowest BCUT2D eigenvalue weighted by atomic mass is 10.1. The molecule has 2 rings (SSSR count). The SMILES string of the molecule is CC(C)[C@@H](C)NC(=O)[C@@H]1Cc2ccccc2S1. The largest absolute Gasteiger partial charge is 0.352 e. The van der Waals surface area contributed by atoms with Crippen LogP contribution < -0.4 is 5.32 Å². The molecule has 1 heterocycles. The number of nitrogens with one attached hydrogen (secondary N) is 1. The van der Waals surface area contributed by atoms with E-state index in [2.05, 4.69) is 38.2 Å². The molecule has 0 unspecified atom stereocenters. The van der Waals surface area contributed by atoms with Gasteiger partial charge in [-0.2, -0.15) is 0 Å². The van der Waals surface area contributed by atoms with Gasteiger partial charge in [-0.3, -0.25) is 4.79 Å². The highest BCUT2D eigenvalue weighted by molar-refractivity contribution is 8.01. The average Bonchev–Trinajstić information content (AvgIpc) is 2.72. The van der Waals surface area contributed by atoms with Crippen molar-refractivity contribution in [1.29, 1.82) is 0 Å². The summed E-state index contributed by atoms with van der Waals surface area (Å²) in [6.45, 7) is 6.32. The normalized spacial score (nSPS) is 20.1. The van der Waals surface area contributed by atoms with Crippen LogP contribution in [0.5, 0.6) is 0 Å². The van der Waals surface area contributed by atoms with Crippen LogP contribution in [0.15, 0.2) is 29.2 Å². The number of thioether (sulfide) groups is 1. The minimum atomic E-state index is 0.0496. The van der Waals surface area contributed by atoms with E-state index in [0.29, 0.717) is 5.92 Å². The van der Waals surface area contributed by atoms with Crippen molar-refractivity contribution in [1.82, 2.24) is 5.32 Å². The third kappa shape index (κ3) is 2.83. The standard InChI is InChI=1S/C14H19NOS/c1-9(2)10(3)15-14(16)13-8-11-6-4-5-7-12(11)17-13/h4-7,9-10,13H,8H2,1-3H3,(H,15,16)/t10-,13+/m1/s1. The lowest BCUT2D eigenvalue weighted by molar-refractivity contribution is -0.121. The van der Waals surface area contributed by atoms with Crippen LogP contribution in [0.2, 0.25) is 0 Å². The van der Waals surface area contributed by atoms with E-state index >= 15 is 0 Å². The third-order valence-electron chi connectivity index (χ3n) is 3.31. The van der Waals surface area contributed by atoms with E-state index in [-0.39, 0.29) is 17.2 Å². The van der Waals surface area contributed by atoms with Crippen molar-refractivity contribution >= 4 is 17.7 Å². The van der Waals surface area contributed by atoms with Crippen LogP contribution in [-0.4, -0.2) is 17.2 Å². The van der Waals surface area contributed by atoms with Crippen molar-refractivity contribution in [2.45, 2.75) is 43.4 Å². The molecular weight excluding hydrogens is 230 g/mol. The predicted molar refractivity (Wildman–Crippen MR) is 72.2 cm³/mol. The van der Waals surface area contributed by atoms with Crippen molar-refractivity contribution in [3.05, 3.63) is 29.8 Å². The number of hydrogen-bond donors (Lipinski definition) is 1. The Balaban J connectivity index is 1.97. The molecule has 17 heavy (non-hydrogen) atoms. The number of amides is 1. The molecule has 1 aliphatic rings. The highest BCUT2D eigenvalue weighted by Crippen LogP contribution is 2.36. The van der Waals surface area contributed by atoms with E-state index in [4.69, 9.17) is 0 Å². The smallest absolute Gasteiger partial charge is 0.234 e. The molecule has 0 saturated heterocycles. The zero-order valence-corrected chi connectivity index (χ0v) is 11.4. The minimum Gasteiger partial charge on any atom is -0.352 e. The maximum atomic E-state index is 12.1. The van der Waals surface area contributed by atoms with E-state index < -0.39 is 0 Å². The first-order valence-electron chi connectivity index (χ1n) is 6.13. The Bertz CT molecular complexity index is 391. The summed E-state index contributed by atoms with van der Waals surface area (Å²) in [5, 5.41) is 3.15. The summed E-state index contributed by atoms with van der Waals surface area (Å²) >= 11 is 1.69. The highest BCUT2D eigenvalue weighted by atomic mass is 32.2. The molecule has 0 fully saturated rings. The van der Waals surface area contributed by atoms with E-state index in [1.165, 1.54) is 10.5 Å². The quantitative estimate of drug-likeness (QED) is 0.892. The van der Waals surface area contributed by atoms with Crippen LogP contribution in [-0.2, 0) is 11.2 Å². The number of hydrogen-bond acceptors (Lipinski definition) is 2. The molecule has 1 aromatic carbocycles. The lowest BCUT2D eigenvalue weighted by Crippen LogP contribution is -2.41. The topological polar surface area (TPSA) is 29.1 Å². The molecule has 2 nitrogen and oxygen atoms in total. The van der Waals surface area contributed by atoms with Gasteiger partial charge in [-0.15, -0.1) is 11.8 Å². The van der Waals surface area contributed by atoms with Gasteiger partial charge in [0.25, 0.3) is 0 Å². The fraction of sp³-hybridized carbons (Fsp3) is 0.500. The zero-order chi connectivity index (χ0) is 12.4. The Morgan fingerprint density at radius 2 is 2.06 bits per heavy atom. The molecule has 0 spiro atoms. The van der Waals surface area contributed by atoms with Crippen molar-refractivity contribution in [2.75, 3.05) is 0 Å². The van der Waals surface area contributed by atoms with Crippen LogP contribution in [0.25, 0.3) is 0 Å². The number of rotatable bonds is 3. The fourth-order valence-electron chi connectivity index (χ4n) is 1.81. The van der Waals surface area contributed by atoms with Crippen LogP contribution in [0, 0.1) is 5.92 Å². The van der Waals surface area contributed by atoms with Crippen molar-refractivity contribution in [3.8, 4) is 0 Å². The van der Waals surface area contributed by atoms with Gasteiger partial charge in [-0.25, -0.2) is 0 Å².